The van der Waals surface area contributed by atoms with E-state index in [2.05, 4.69) is 36.3 Å². The topological polar surface area (TPSA) is 44.4 Å². The van der Waals surface area contributed by atoms with Gasteiger partial charge < -0.3 is 15.5 Å². The first-order chi connectivity index (χ1) is 9.74. The fraction of sp³-hybridized carbons (Fsp3) is 0.562. The van der Waals surface area contributed by atoms with Gasteiger partial charge in [-0.1, -0.05) is 17.7 Å². The minimum atomic E-state index is 0.0249. The van der Waals surface area contributed by atoms with E-state index in [-0.39, 0.29) is 11.4 Å². The molecule has 0 spiro atoms. The second-order valence-corrected chi connectivity index (χ2v) is 6.59. The maximum atomic E-state index is 11.4. The van der Waals surface area contributed by atoms with Crippen molar-refractivity contribution in [2.24, 2.45) is 0 Å². The molecule has 118 valence electrons. The molecule has 2 N–H and O–H groups in total. The zero-order chi connectivity index (χ0) is 16.0. The average molecular weight is 312 g/mol. The molecule has 0 aliphatic carbocycles. The van der Waals surface area contributed by atoms with Crippen molar-refractivity contribution in [3.8, 4) is 0 Å². The van der Waals surface area contributed by atoms with Crippen LogP contribution in [-0.2, 0) is 11.3 Å². The van der Waals surface area contributed by atoms with E-state index in [0.29, 0.717) is 19.5 Å². The zero-order valence-corrected chi connectivity index (χ0v) is 14.3. The highest BCUT2D eigenvalue weighted by Crippen LogP contribution is 2.27. The molecule has 0 unspecified atom stereocenters. The predicted molar refractivity (Wildman–Crippen MR) is 90.0 cm³/mol. The standard InChI is InChI=1S/C16H26ClN3O/c1-16(2,3)19-11-12-13(17)7-6-8-14(12)20(5)10-9-15(21)18-4/h6-8,19H,9-11H2,1-5H3,(H,18,21). The Kier molecular flexibility index (Phi) is 6.49. The molecule has 0 aliphatic rings. The number of nitrogens with one attached hydrogen (secondary N) is 2. The lowest BCUT2D eigenvalue weighted by Crippen LogP contribution is -2.36. The number of carbonyl (C=O) groups excluding carboxylic acids is 1. The average Bonchev–Trinajstić information content (AvgIpc) is 2.41. The predicted octanol–water partition coefficient (Wildman–Crippen LogP) is 2.80. The molecule has 1 amide bonds. The number of rotatable bonds is 6. The Balaban J connectivity index is 2.85. The number of hydrogen-bond donors (Lipinski definition) is 2. The van der Waals surface area contributed by atoms with E-state index in [4.69, 9.17) is 11.6 Å². The Hall–Kier alpha value is -1.26. The van der Waals surface area contributed by atoms with Gasteiger partial charge in [-0.15, -0.1) is 0 Å². The summed E-state index contributed by atoms with van der Waals surface area (Å²) in [5.41, 5.74) is 2.15. The molecular weight excluding hydrogens is 286 g/mol. The summed E-state index contributed by atoms with van der Waals surface area (Å²) in [5.74, 6) is 0.0400. The molecule has 0 heterocycles. The highest BCUT2D eigenvalue weighted by Gasteiger charge is 2.15. The second-order valence-electron chi connectivity index (χ2n) is 6.19. The maximum Gasteiger partial charge on any atom is 0.221 e. The summed E-state index contributed by atoms with van der Waals surface area (Å²) in [7, 11) is 3.63. The van der Waals surface area contributed by atoms with E-state index in [1.165, 1.54) is 0 Å². The van der Waals surface area contributed by atoms with Crippen molar-refractivity contribution in [3.05, 3.63) is 28.8 Å². The van der Waals surface area contributed by atoms with Gasteiger partial charge in [0.05, 0.1) is 0 Å². The summed E-state index contributed by atoms with van der Waals surface area (Å²) in [6.45, 7) is 7.72. The van der Waals surface area contributed by atoms with E-state index in [9.17, 15) is 4.79 Å². The number of benzene rings is 1. The van der Waals surface area contributed by atoms with Crippen LogP contribution in [0.15, 0.2) is 18.2 Å². The molecule has 1 aromatic rings. The second kappa shape index (κ2) is 7.66. The molecule has 0 atom stereocenters. The van der Waals surface area contributed by atoms with Gasteiger partial charge in [-0.2, -0.15) is 0 Å². The maximum absolute atomic E-state index is 11.4. The number of amides is 1. The molecule has 0 aliphatic heterocycles. The molecule has 0 bridgehead atoms. The number of carbonyl (C=O) groups is 1. The summed E-state index contributed by atoms with van der Waals surface area (Å²) in [4.78, 5) is 13.5. The first-order valence-corrected chi connectivity index (χ1v) is 7.56. The first kappa shape index (κ1) is 17.8. The van der Waals surface area contributed by atoms with Gasteiger partial charge in [-0.25, -0.2) is 0 Å². The summed E-state index contributed by atoms with van der Waals surface area (Å²) in [6, 6.07) is 5.88. The van der Waals surface area contributed by atoms with Gasteiger partial charge in [-0.3, -0.25) is 4.79 Å². The molecule has 0 saturated carbocycles. The van der Waals surface area contributed by atoms with E-state index in [0.717, 1.165) is 16.3 Å². The van der Waals surface area contributed by atoms with Crippen molar-refractivity contribution in [1.29, 1.82) is 0 Å². The van der Waals surface area contributed by atoms with Gasteiger partial charge in [0, 0.05) is 55.4 Å². The molecule has 21 heavy (non-hydrogen) atoms. The third-order valence-corrected chi connectivity index (χ3v) is 3.61. The molecule has 0 aromatic heterocycles. The highest BCUT2D eigenvalue weighted by atomic mass is 35.5. The molecule has 0 saturated heterocycles. The summed E-state index contributed by atoms with van der Waals surface area (Å²) < 4.78 is 0. The van der Waals surface area contributed by atoms with Crippen LogP contribution in [0.25, 0.3) is 0 Å². The largest absolute Gasteiger partial charge is 0.374 e. The van der Waals surface area contributed by atoms with Crippen LogP contribution in [0.4, 0.5) is 5.69 Å². The van der Waals surface area contributed by atoms with Crippen LogP contribution in [-0.4, -0.2) is 32.1 Å². The van der Waals surface area contributed by atoms with Crippen LogP contribution < -0.4 is 15.5 Å². The Bertz CT molecular complexity index is 483. The van der Waals surface area contributed by atoms with Crippen molar-refractivity contribution in [2.75, 3.05) is 25.5 Å². The minimum Gasteiger partial charge on any atom is -0.374 e. The lowest BCUT2D eigenvalue weighted by atomic mass is 10.1. The van der Waals surface area contributed by atoms with Gasteiger partial charge >= 0.3 is 0 Å². The third-order valence-electron chi connectivity index (χ3n) is 3.25. The Morgan fingerprint density at radius 1 is 1.33 bits per heavy atom. The fourth-order valence-corrected chi connectivity index (χ4v) is 2.18. The van der Waals surface area contributed by atoms with E-state index < -0.39 is 0 Å². The van der Waals surface area contributed by atoms with Crippen LogP contribution in [0.5, 0.6) is 0 Å². The fourth-order valence-electron chi connectivity index (χ4n) is 1.95. The van der Waals surface area contributed by atoms with Crippen molar-refractivity contribution in [1.82, 2.24) is 10.6 Å². The van der Waals surface area contributed by atoms with E-state index in [1.54, 1.807) is 7.05 Å². The minimum absolute atomic E-state index is 0.0249. The smallest absolute Gasteiger partial charge is 0.221 e. The quantitative estimate of drug-likeness (QED) is 0.849. The number of halogens is 1. The molecule has 0 radical (unpaired) electrons. The van der Waals surface area contributed by atoms with Gasteiger partial charge in [0.25, 0.3) is 0 Å². The zero-order valence-electron chi connectivity index (χ0n) is 13.6. The summed E-state index contributed by atoms with van der Waals surface area (Å²) in [6.07, 6.45) is 0.464. The number of nitrogens with zero attached hydrogens (tertiary/aromatic N) is 1. The number of anilines is 1. The van der Waals surface area contributed by atoms with Crippen molar-refractivity contribution in [2.45, 2.75) is 39.3 Å². The summed E-state index contributed by atoms with van der Waals surface area (Å²) >= 11 is 6.35. The Labute approximate surface area is 132 Å². The van der Waals surface area contributed by atoms with Gasteiger partial charge in [0.2, 0.25) is 5.91 Å². The monoisotopic (exact) mass is 311 g/mol. The van der Waals surface area contributed by atoms with Crippen molar-refractivity contribution < 1.29 is 4.79 Å². The van der Waals surface area contributed by atoms with Crippen molar-refractivity contribution in [3.63, 3.8) is 0 Å². The molecule has 5 heteroatoms. The van der Waals surface area contributed by atoms with Gasteiger partial charge in [-0.05, 0) is 32.9 Å². The Morgan fingerprint density at radius 3 is 2.57 bits per heavy atom. The SMILES string of the molecule is CNC(=O)CCN(C)c1cccc(Cl)c1CNC(C)(C)C. The Morgan fingerprint density at radius 2 is 2.00 bits per heavy atom. The van der Waals surface area contributed by atoms with Crippen LogP contribution in [0.3, 0.4) is 0 Å². The highest BCUT2D eigenvalue weighted by molar-refractivity contribution is 6.31. The lowest BCUT2D eigenvalue weighted by molar-refractivity contribution is -0.120. The third kappa shape index (κ3) is 5.94. The lowest BCUT2D eigenvalue weighted by Gasteiger charge is -2.26. The molecular formula is C16H26ClN3O. The molecule has 1 rings (SSSR count). The van der Waals surface area contributed by atoms with Gasteiger partial charge in [0.15, 0.2) is 0 Å². The summed E-state index contributed by atoms with van der Waals surface area (Å²) in [5, 5.41) is 6.85. The van der Waals surface area contributed by atoms with E-state index in [1.807, 2.05) is 25.2 Å². The molecule has 4 nitrogen and oxygen atoms in total. The first-order valence-electron chi connectivity index (χ1n) is 7.18. The van der Waals surface area contributed by atoms with Gasteiger partial charge in [0.1, 0.15) is 0 Å². The van der Waals surface area contributed by atoms with Crippen LogP contribution in [0.1, 0.15) is 32.8 Å². The van der Waals surface area contributed by atoms with Crippen LogP contribution in [0, 0.1) is 0 Å². The van der Waals surface area contributed by atoms with Crippen LogP contribution >= 0.6 is 11.6 Å². The van der Waals surface area contributed by atoms with Crippen LogP contribution in [0.2, 0.25) is 5.02 Å². The molecule has 1 aromatic carbocycles. The normalized spacial score (nSPS) is 11.3. The number of hydrogen-bond acceptors (Lipinski definition) is 3. The van der Waals surface area contributed by atoms with E-state index >= 15 is 0 Å². The van der Waals surface area contributed by atoms with Crippen molar-refractivity contribution >= 4 is 23.2 Å². The molecule has 0 fully saturated rings.